The average molecular weight is 306 g/mol. The minimum Gasteiger partial charge on any atom is -0.477 e. The van der Waals surface area contributed by atoms with Crippen LogP contribution >= 0.6 is 22.9 Å². The first-order chi connectivity index (χ1) is 9.63. The number of hydrogen-bond acceptors (Lipinski definition) is 4. The standard InChI is InChI=1S/C14H8ClNO3S/c15-8-1-3-9(4-2-8)19-11-6-16-7-13-10(11)5-12(20-13)14(17)18/h1-7H,(H,17,18). The van der Waals surface area contributed by atoms with Crippen molar-refractivity contribution in [2.45, 2.75) is 0 Å². The summed E-state index contributed by atoms with van der Waals surface area (Å²) in [5, 5.41) is 10.4. The Hall–Kier alpha value is -2.11. The fourth-order valence-electron chi connectivity index (χ4n) is 1.75. The smallest absolute Gasteiger partial charge is 0.345 e. The van der Waals surface area contributed by atoms with Gasteiger partial charge < -0.3 is 9.84 Å². The second-order valence-electron chi connectivity index (χ2n) is 4.02. The molecule has 0 fully saturated rings. The van der Waals surface area contributed by atoms with Gasteiger partial charge in [-0.1, -0.05) is 11.6 Å². The van der Waals surface area contributed by atoms with Crippen LogP contribution in [0.3, 0.4) is 0 Å². The number of carboxylic acid groups (broad SMARTS) is 1. The van der Waals surface area contributed by atoms with Crippen LogP contribution in [0.5, 0.6) is 11.5 Å². The summed E-state index contributed by atoms with van der Waals surface area (Å²) in [4.78, 5) is 15.3. The second kappa shape index (κ2) is 5.11. The van der Waals surface area contributed by atoms with Gasteiger partial charge in [0.2, 0.25) is 0 Å². The average Bonchev–Trinajstić information content (AvgIpc) is 2.87. The number of carboxylic acids is 1. The molecule has 0 aliphatic heterocycles. The van der Waals surface area contributed by atoms with Crippen LogP contribution in [0.1, 0.15) is 9.67 Å². The molecule has 6 heteroatoms. The molecule has 3 rings (SSSR count). The summed E-state index contributed by atoms with van der Waals surface area (Å²) >= 11 is 6.99. The predicted molar refractivity (Wildman–Crippen MR) is 78.1 cm³/mol. The molecule has 3 aromatic rings. The van der Waals surface area contributed by atoms with E-state index in [2.05, 4.69) is 4.98 Å². The molecule has 0 aliphatic rings. The summed E-state index contributed by atoms with van der Waals surface area (Å²) in [6, 6.07) is 8.52. The molecule has 0 saturated heterocycles. The molecule has 0 atom stereocenters. The molecule has 1 aromatic carbocycles. The van der Waals surface area contributed by atoms with Crippen molar-refractivity contribution >= 4 is 39.0 Å². The maximum Gasteiger partial charge on any atom is 0.345 e. The third-order valence-electron chi connectivity index (χ3n) is 2.66. The first kappa shape index (κ1) is 12.9. The Kier molecular flexibility index (Phi) is 3.30. The molecule has 0 aliphatic carbocycles. The third kappa shape index (κ3) is 2.45. The number of fused-ring (bicyclic) bond motifs is 1. The van der Waals surface area contributed by atoms with E-state index in [0.717, 1.165) is 10.1 Å². The van der Waals surface area contributed by atoms with Crippen LogP contribution in [0.2, 0.25) is 5.02 Å². The quantitative estimate of drug-likeness (QED) is 0.777. The number of benzene rings is 1. The van der Waals surface area contributed by atoms with E-state index in [1.165, 1.54) is 11.3 Å². The highest BCUT2D eigenvalue weighted by Gasteiger charge is 2.12. The first-order valence-corrected chi connectivity index (χ1v) is 6.87. The predicted octanol–water partition coefficient (Wildman–Crippen LogP) is 4.44. The minimum absolute atomic E-state index is 0.258. The van der Waals surface area contributed by atoms with Crippen molar-refractivity contribution in [2.75, 3.05) is 0 Å². The van der Waals surface area contributed by atoms with E-state index in [1.54, 1.807) is 42.7 Å². The zero-order valence-corrected chi connectivity index (χ0v) is 11.6. The van der Waals surface area contributed by atoms with Gasteiger partial charge in [-0.15, -0.1) is 11.3 Å². The number of pyridine rings is 1. The highest BCUT2D eigenvalue weighted by molar-refractivity contribution is 7.20. The lowest BCUT2D eigenvalue weighted by molar-refractivity contribution is 0.0702. The van der Waals surface area contributed by atoms with Crippen molar-refractivity contribution < 1.29 is 14.6 Å². The molecular weight excluding hydrogens is 298 g/mol. The van der Waals surface area contributed by atoms with Gasteiger partial charge in [-0.05, 0) is 30.3 Å². The molecule has 2 heterocycles. The fraction of sp³-hybridized carbons (Fsp3) is 0. The zero-order valence-electron chi connectivity index (χ0n) is 10.0. The van der Waals surface area contributed by atoms with Gasteiger partial charge in [0.25, 0.3) is 0 Å². The van der Waals surface area contributed by atoms with Crippen molar-refractivity contribution in [2.24, 2.45) is 0 Å². The maximum absolute atomic E-state index is 11.0. The Labute approximate surface area is 123 Å². The zero-order chi connectivity index (χ0) is 14.1. The van der Waals surface area contributed by atoms with Crippen molar-refractivity contribution in [1.82, 2.24) is 4.98 Å². The van der Waals surface area contributed by atoms with E-state index >= 15 is 0 Å². The first-order valence-electron chi connectivity index (χ1n) is 5.68. The van der Waals surface area contributed by atoms with E-state index in [9.17, 15) is 4.79 Å². The molecule has 0 radical (unpaired) electrons. The summed E-state index contributed by atoms with van der Waals surface area (Å²) in [6.45, 7) is 0. The Morgan fingerprint density at radius 2 is 2.00 bits per heavy atom. The van der Waals surface area contributed by atoms with Gasteiger partial charge in [-0.3, -0.25) is 4.98 Å². The van der Waals surface area contributed by atoms with Crippen LogP contribution in [-0.2, 0) is 0 Å². The molecule has 0 saturated carbocycles. The molecule has 0 amide bonds. The van der Waals surface area contributed by atoms with Crippen LogP contribution in [0.4, 0.5) is 0 Å². The van der Waals surface area contributed by atoms with Gasteiger partial charge in [-0.2, -0.15) is 0 Å². The number of hydrogen-bond donors (Lipinski definition) is 1. The molecule has 0 unspecified atom stereocenters. The van der Waals surface area contributed by atoms with Crippen LogP contribution in [0, 0.1) is 0 Å². The lowest BCUT2D eigenvalue weighted by Gasteiger charge is -2.06. The number of aromatic nitrogens is 1. The third-order valence-corrected chi connectivity index (χ3v) is 3.97. The number of ether oxygens (including phenoxy) is 1. The molecule has 100 valence electrons. The summed E-state index contributed by atoms with van der Waals surface area (Å²) in [6.07, 6.45) is 3.19. The van der Waals surface area contributed by atoms with E-state index < -0.39 is 5.97 Å². The van der Waals surface area contributed by atoms with Gasteiger partial charge in [0, 0.05) is 16.6 Å². The highest BCUT2D eigenvalue weighted by Crippen LogP contribution is 2.34. The highest BCUT2D eigenvalue weighted by atomic mass is 35.5. The topological polar surface area (TPSA) is 59.4 Å². The molecule has 1 N–H and O–H groups in total. The molecule has 4 nitrogen and oxygen atoms in total. The lowest BCUT2D eigenvalue weighted by atomic mass is 10.3. The SMILES string of the molecule is O=C(O)c1cc2c(Oc3ccc(Cl)cc3)cncc2s1. The summed E-state index contributed by atoms with van der Waals surface area (Å²) in [7, 11) is 0. The second-order valence-corrected chi connectivity index (χ2v) is 5.54. The summed E-state index contributed by atoms with van der Waals surface area (Å²) < 4.78 is 6.50. The number of nitrogens with zero attached hydrogens (tertiary/aromatic N) is 1. The van der Waals surface area contributed by atoms with Crippen LogP contribution in [0.15, 0.2) is 42.7 Å². The normalized spacial score (nSPS) is 10.7. The van der Waals surface area contributed by atoms with E-state index in [4.69, 9.17) is 21.4 Å². The number of halogens is 1. The van der Waals surface area contributed by atoms with Crippen LogP contribution < -0.4 is 4.74 Å². The monoisotopic (exact) mass is 305 g/mol. The lowest BCUT2D eigenvalue weighted by Crippen LogP contribution is -1.89. The van der Waals surface area contributed by atoms with Crippen molar-refractivity contribution in [3.8, 4) is 11.5 Å². The van der Waals surface area contributed by atoms with Crippen LogP contribution in [0.25, 0.3) is 10.1 Å². The van der Waals surface area contributed by atoms with Gasteiger partial charge in [-0.25, -0.2) is 4.79 Å². The van der Waals surface area contributed by atoms with Crippen molar-refractivity contribution in [3.63, 3.8) is 0 Å². The molecule has 20 heavy (non-hydrogen) atoms. The Morgan fingerprint density at radius 1 is 1.25 bits per heavy atom. The summed E-state index contributed by atoms with van der Waals surface area (Å²) in [5.41, 5.74) is 0. The van der Waals surface area contributed by atoms with E-state index in [0.29, 0.717) is 16.5 Å². The molecule has 0 spiro atoms. The molecule has 2 aromatic heterocycles. The van der Waals surface area contributed by atoms with Crippen molar-refractivity contribution in [1.29, 1.82) is 0 Å². The van der Waals surface area contributed by atoms with Gasteiger partial charge in [0.1, 0.15) is 10.6 Å². The van der Waals surface area contributed by atoms with Gasteiger partial charge in [0.15, 0.2) is 5.75 Å². The Bertz CT molecular complexity index is 783. The van der Waals surface area contributed by atoms with Gasteiger partial charge in [0.05, 0.1) is 10.9 Å². The maximum atomic E-state index is 11.0. The Balaban J connectivity index is 2.02. The van der Waals surface area contributed by atoms with E-state index in [-0.39, 0.29) is 4.88 Å². The summed E-state index contributed by atoms with van der Waals surface area (Å²) in [5.74, 6) is 0.184. The van der Waals surface area contributed by atoms with E-state index in [1.807, 2.05) is 0 Å². The molecular formula is C14H8ClNO3S. The molecule has 0 bridgehead atoms. The fourth-order valence-corrected chi connectivity index (χ4v) is 2.76. The minimum atomic E-state index is -0.955. The largest absolute Gasteiger partial charge is 0.477 e. The number of rotatable bonds is 3. The Morgan fingerprint density at radius 3 is 2.70 bits per heavy atom. The number of thiophene rings is 1. The van der Waals surface area contributed by atoms with Crippen molar-refractivity contribution in [3.05, 3.63) is 52.6 Å². The number of aromatic carboxylic acids is 1. The number of carbonyl (C=O) groups is 1. The van der Waals surface area contributed by atoms with Crippen LogP contribution in [-0.4, -0.2) is 16.1 Å². The van der Waals surface area contributed by atoms with Gasteiger partial charge >= 0.3 is 5.97 Å².